The van der Waals surface area contributed by atoms with E-state index in [9.17, 15) is 4.79 Å². The van der Waals surface area contributed by atoms with E-state index in [0.717, 1.165) is 43.9 Å². The number of H-pyrrole nitrogens is 1. The molecular formula is C16H17Br2NO3. The van der Waals surface area contributed by atoms with Gasteiger partial charge in [0.1, 0.15) is 0 Å². The van der Waals surface area contributed by atoms with Gasteiger partial charge in [-0.05, 0) is 46.5 Å². The lowest BCUT2D eigenvalue weighted by atomic mass is 9.97. The van der Waals surface area contributed by atoms with E-state index in [4.69, 9.17) is 9.47 Å². The number of fused-ring (bicyclic) bond motifs is 3. The van der Waals surface area contributed by atoms with E-state index < -0.39 is 5.79 Å². The molecule has 0 amide bonds. The molecule has 0 spiro atoms. The molecule has 22 heavy (non-hydrogen) atoms. The minimum atomic E-state index is -1.01. The molecule has 6 heteroatoms. The molecule has 2 heterocycles. The Hall–Kier alpha value is -0.850. The fourth-order valence-corrected chi connectivity index (χ4v) is 4.15. The number of carbonyl (C=O) groups is 1. The third kappa shape index (κ3) is 2.51. The molecule has 3 rings (SSSR count). The first-order valence-corrected chi connectivity index (χ1v) is 8.89. The second-order valence-electron chi connectivity index (χ2n) is 5.45. The number of nitrogens with one attached hydrogen (secondary N) is 1. The van der Waals surface area contributed by atoms with Gasteiger partial charge in [0, 0.05) is 27.7 Å². The van der Waals surface area contributed by atoms with Crippen molar-refractivity contribution < 1.29 is 14.3 Å². The van der Waals surface area contributed by atoms with E-state index in [1.807, 2.05) is 12.1 Å². The van der Waals surface area contributed by atoms with Gasteiger partial charge < -0.3 is 14.5 Å². The van der Waals surface area contributed by atoms with Crippen LogP contribution in [0.25, 0.3) is 10.9 Å². The summed E-state index contributed by atoms with van der Waals surface area (Å²) in [6.45, 7) is 4.01. The summed E-state index contributed by atoms with van der Waals surface area (Å²) >= 11 is 7.21. The van der Waals surface area contributed by atoms with E-state index in [2.05, 4.69) is 43.8 Å². The fraction of sp³-hybridized carbons (Fsp3) is 0.438. The van der Waals surface area contributed by atoms with Crippen molar-refractivity contribution in [3.63, 3.8) is 0 Å². The molecule has 4 nitrogen and oxygen atoms in total. The van der Waals surface area contributed by atoms with Gasteiger partial charge >= 0.3 is 5.97 Å². The summed E-state index contributed by atoms with van der Waals surface area (Å²) in [5.41, 5.74) is 3.01. The molecule has 0 radical (unpaired) electrons. The van der Waals surface area contributed by atoms with Gasteiger partial charge in [-0.2, -0.15) is 0 Å². The largest absolute Gasteiger partial charge is 0.427 e. The molecule has 1 aromatic heterocycles. The Kier molecular flexibility index (Phi) is 4.36. The first-order valence-electron chi connectivity index (χ1n) is 7.31. The summed E-state index contributed by atoms with van der Waals surface area (Å²) in [5.74, 6) is -1.34. The minimum Gasteiger partial charge on any atom is -0.427 e. The number of hydrogen-bond acceptors (Lipinski definition) is 3. The van der Waals surface area contributed by atoms with Crippen LogP contribution in [0.4, 0.5) is 0 Å². The first kappa shape index (κ1) is 16.0. The Morgan fingerprint density at radius 2 is 2.14 bits per heavy atom. The highest BCUT2D eigenvalue weighted by Crippen LogP contribution is 2.44. The summed E-state index contributed by atoms with van der Waals surface area (Å²) in [5, 5.41) is 1.13. The Morgan fingerprint density at radius 1 is 1.41 bits per heavy atom. The number of rotatable bonds is 3. The molecule has 1 atom stereocenters. The maximum Gasteiger partial charge on any atom is 0.305 e. The van der Waals surface area contributed by atoms with Crippen molar-refractivity contribution in [1.82, 2.24) is 4.98 Å². The lowest BCUT2D eigenvalue weighted by Gasteiger charge is -2.36. The predicted octanol–water partition coefficient (Wildman–Crippen LogP) is 4.78. The zero-order chi connectivity index (χ0) is 15.9. The second-order valence-corrected chi connectivity index (χ2v) is 7.16. The Labute approximate surface area is 145 Å². The normalized spacial score (nSPS) is 20.9. The van der Waals surface area contributed by atoms with Gasteiger partial charge in [-0.3, -0.25) is 4.79 Å². The highest BCUT2D eigenvalue weighted by molar-refractivity contribution is 9.11. The Morgan fingerprint density at radius 3 is 2.82 bits per heavy atom. The molecule has 2 aromatic rings. The van der Waals surface area contributed by atoms with Crippen LogP contribution in [0.1, 0.15) is 37.9 Å². The van der Waals surface area contributed by atoms with Crippen LogP contribution in [0.15, 0.2) is 21.1 Å². The summed E-state index contributed by atoms with van der Waals surface area (Å²) in [6, 6.07) is 4.01. The van der Waals surface area contributed by atoms with E-state index in [1.165, 1.54) is 6.92 Å². The number of aromatic nitrogens is 1. The molecule has 1 aromatic carbocycles. The lowest BCUT2D eigenvalue weighted by Crippen LogP contribution is -2.39. The highest BCUT2D eigenvalue weighted by atomic mass is 79.9. The number of aromatic amines is 1. The van der Waals surface area contributed by atoms with Gasteiger partial charge in [0.25, 0.3) is 5.79 Å². The van der Waals surface area contributed by atoms with Crippen LogP contribution in [0, 0.1) is 0 Å². The molecule has 0 aliphatic carbocycles. The van der Waals surface area contributed by atoms with Gasteiger partial charge in [-0.1, -0.05) is 22.9 Å². The van der Waals surface area contributed by atoms with E-state index in [-0.39, 0.29) is 5.97 Å². The van der Waals surface area contributed by atoms with Crippen LogP contribution >= 0.6 is 31.9 Å². The van der Waals surface area contributed by atoms with Crippen molar-refractivity contribution in [1.29, 1.82) is 0 Å². The van der Waals surface area contributed by atoms with Crippen molar-refractivity contribution in [2.75, 3.05) is 6.61 Å². The van der Waals surface area contributed by atoms with Gasteiger partial charge in [-0.15, -0.1) is 0 Å². The van der Waals surface area contributed by atoms with Crippen molar-refractivity contribution in [3.05, 3.63) is 32.3 Å². The maximum absolute atomic E-state index is 11.6. The molecule has 0 saturated carbocycles. The molecular weight excluding hydrogens is 414 g/mol. The standard InChI is InChI=1S/C16H17Br2NO3/c1-3-7-16(22-9(2)20)15-10(6-8-21-16)13-11(17)4-5-12(18)14(13)19-15/h4-5,19H,3,6-8H2,1-2H3. The molecule has 0 fully saturated rings. The number of carbonyl (C=O) groups excluding carboxylic acids is 1. The fourth-order valence-electron chi connectivity index (χ4n) is 3.15. The van der Waals surface area contributed by atoms with Crippen LogP contribution in [0.2, 0.25) is 0 Å². The van der Waals surface area contributed by atoms with Crippen LogP contribution < -0.4 is 0 Å². The van der Waals surface area contributed by atoms with Crippen LogP contribution in [0.5, 0.6) is 0 Å². The van der Waals surface area contributed by atoms with Crippen molar-refractivity contribution >= 4 is 48.7 Å². The number of benzene rings is 1. The van der Waals surface area contributed by atoms with Crippen molar-refractivity contribution in [2.45, 2.75) is 38.9 Å². The molecule has 1 unspecified atom stereocenters. The molecule has 1 N–H and O–H groups in total. The SMILES string of the molecule is CCCC1(OC(C)=O)OCCc2c1[nH]c1c(Br)ccc(Br)c21. The third-order valence-electron chi connectivity index (χ3n) is 3.91. The smallest absolute Gasteiger partial charge is 0.305 e. The Balaban J connectivity index is 2.27. The first-order chi connectivity index (χ1) is 10.5. The van der Waals surface area contributed by atoms with Gasteiger partial charge in [0.15, 0.2) is 0 Å². The van der Waals surface area contributed by atoms with Crippen molar-refractivity contribution in [3.8, 4) is 0 Å². The maximum atomic E-state index is 11.6. The van der Waals surface area contributed by atoms with Gasteiger partial charge in [0.2, 0.25) is 0 Å². The molecule has 0 bridgehead atoms. The lowest BCUT2D eigenvalue weighted by molar-refractivity contribution is -0.247. The highest BCUT2D eigenvalue weighted by Gasteiger charge is 2.43. The predicted molar refractivity (Wildman–Crippen MR) is 91.7 cm³/mol. The number of halogens is 2. The second kappa shape index (κ2) is 5.98. The Bertz CT molecular complexity index is 741. The van der Waals surface area contributed by atoms with Crippen molar-refractivity contribution in [2.24, 2.45) is 0 Å². The zero-order valence-corrected chi connectivity index (χ0v) is 15.6. The number of ether oxygens (including phenoxy) is 2. The zero-order valence-electron chi connectivity index (χ0n) is 12.5. The summed E-state index contributed by atoms with van der Waals surface area (Å²) in [4.78, 5) is 15.0. The summed E-state index contributed by atoms with van der Waals surface area (Å²) in [7, 11) is 0. The average molecular weight is 431 g/mol. The number of esters is 1. The van der Waals surface area contributed by atoms with E-state index in [1.54, 1.807) is 0 Å². The summed E-state index contributed by atoms with van der Waals surface area (Å²) in [6.07, 6.45) is 2.27. The van der Waals surface area contributed by atoms with Crippen LogP contribution in [0.3, 0.4) is 0 Å². The van der Waals surface area contributed by atoms with E-state index in [0.29, 0.717) is 13.0 Å². The topological polar surface area (TPSA) is 51.3 Å². The van der Waals surface area contributed by atoms with Crippen LogP contribution in [-0.2, 0) is 26.5 Å². The molecule has 1 aliphatic rings. The number of hydrogen-bond donors (Lipinski definition) is 1. The quantitative estimate of drug-likeness (QED) is 0.712. The minimum absolute atomic E-state index is 0.335. The monoisotopic (exact) mass is 429 g/mol. The third-order valence-corrected chi connectivity index (χ3v) is 5.23. The molecule has 0 saturated heterocycles. The molecule has 118 valence electrons. The summed E-state index contributed by atoms with van der Waals surface area (Å²) < 4.78 is 13.6. The van der Waals surface area contributed by atoms with Gasteiger partial charge in [0.05, 0.1) is 17.8 Å². The van der Waals surface area contributed by atoms with E-state index >= 15 is 0 Å². The van der Waals surface area contributed by atoms with Gasteiger partial charge in [-0.25, -0.2) is 0 Å². The average Bonchev–Trinajstić information content (AvgIpc) is 2.85. The molecule has 1 aliphatic heterocycles. The van der Waals surface area contributed by atoms with Crippen LogP contribution in [-0.4, -0.2) is 17.6 Å².